The second-order valence-corrected chi connectivity index (χ2v) is 3.43. The molecule has 2 rings (SSSR count). The van der Waals surface area contributed by atoms with E-state index in [1.54, 1.807) is 18.2 Å². The first kappa shape index (κ1) is 12.6. The average molecular weight is 261 g/mol. The van der Waals surface area contributed by atoms with Crippen molar-refractivity contribution in [2.75, 3.05) is 12.8 Å². The second-order valence-electron chi connectivity index (χ2n) is 3.43. The van der Waals surface area contributed by atoms with E-state index in [-0.39, 0.29) is 29.3 Å². The molecule has 0 bridgehead atoms. The number of methoxy groups -OCH3 is 1. The minimum atomic E-state index is -0.621. The monoisotopic (exact) mass is 261 g/mol. The molecule has 0 radical (unpaired) electrons. The summed E-state index contributed by atoms with van der Waals surface area (Å²) in [6.07, 6.45) is 0. The Kier molecular flexibility index (Phi) is 3.42. The SMILES string of the molecule is COc1nc(N)nc(Oc2ccccc2C(N)=O)n1. The molecular weight excluding hydrogens is 250 g/mol. The molecule has 1 aromatic carbocycles. The highest BCUT2D eigenvalue weighted by molar-refractivity contribution is 5.95. The van der Waals surface area contributed by atoms with Gasteiger partial charge in [-0.2, -0.15) is 9.97 Å². The van der Waals surface area contributed by atoms with E-state index in [9.17, 15) is 4.79 Å². The first-order chi connectivity index (χ1) is 9.10. The summed E-state index contributed by atoms with van der Waals surface area (Å²) in [5.41, 5.74) is 10.9. The molecule has 0 fully saturated rings. The highest BCUT2D eigenvalue weighted by Crippen LogP contribution is 2.23. The van der Waals surface area contributed by atoms with Gasteiger partial charge >= 0.3 is 12.0 Å². The average Bonchev–Trinajstić information content (AvgIpc) is 2.38. The molecule has 8 nitrogen and oxygen atoms in total. The number of primary amides is 1. The van der Waals surface area contributed by atoms with Gasteiger partial charge in [0, 0.05) is 0 Å². The predicted molar refractivity (Wildman–Crippen MR) is 65.8 cm³/mol. The minimum Gasteiger partial charge on any atom is -0.467 e. The van der Waals surface area contributed by atoms with Gasteiger partial charge in [0.05, 0.1) is 12.7 Å². The van der Waals surface area contributed by atoms with Crippen molar-refractivity contribution in [2.45, 2.75) is 0 Å². The van der Waals surface area contributed by atoms with E-state index in [2.05, 4.69) is 15.0 Å². The molecule has 8 heteroatoms. The quantitative estimate of drug-likeness (QED) is 0.813. The van der Waals surface area contributed by atoms with Crippen LogP contribution in [0.15, 0.2) is 24.3 Å². The number of rotatable bonds is 4. The van der Waals surface area contributed by atoms with Crippen molar-refractivity contribution >= 4 is 11.9 Å². The van der Waals surface area contributed by atoms with Crippen LogP contribution in [0.3, 0.4) is 0 Å². The maximum atomic E-state index is 11.2. The van der Waals surface area contributed by atoms with Crippen LogP contribution in [0.5, 0.6) is 17.8 Å². The van der Waals surface area contributed by atoms with Crippen LogP contribution >= 0.6 is 0 Å². The predicted octanol–water partition coefficient (Wildman–Crippen LogP) is 0.354. The third-order valence-corrected chi connectivity index (χ3v) is 2.15. The Morgan fingerprint density at radius 2 is 1.84 bits per heavy atom. The number of nitrogen functional groups attached to an aromatic ring is 1. The summed E-state index contributed by atoms with van der Waals surface area (Å²) in [5.74, 6) is -0.453. The molecular formula is C11H11N5O3. The highest BCUT2D eigenvalue weighted by Gasteiger charge is 2.12. The van der Waals surface area contributed by atoms with Crippen LogP contribution in [-0.2, 0) is 0 Å². The molecule has 0 saturated heterocycles. The Balaban J connectivity index is 2.36. The molecule has 0 aliphatic rings. The maximum absolute atomic E-state index is 11.2. The lowest BCUT2D eigenvalue weighted by Crippen LogP contribution is -2.12. The highest BCUT2D eigenvalue weighted by atomic mass is 16.5. The van der Waals surface area contributed by atoms with Crippen molar-refractivity contribution in [2.24, 2.45) is 5.73 Å². The lowest BCUT2D eigenvalue weighted by molar-refractivity contribution is 0.0998. The van der Waals surface area contributed by atoms with Crippen molar-refractivity contribution in [3.63, 3.8) is 0 Å². The lowest BCUT2D eigenvalue weighted by Gasteiger charge is -2.08. The number of carbonyl (C=O) groups is 1. The van der Waals surface area contributed by atoms with Crippen LogP contribution < -0.4 is 20.9 Å². The van der Waals surface area contributed by atoms with E-state index in [1.165, 1.54) is 13.2 Å². The van der Waals surface area contributed by atoms with Gasteiger partial charge in [-0.1, -0.05) is 12.1 Å². The fourth-order valence-electron chi connectivity index (χ4n) is 1.35. The maximum Gasteiger partial charge on any atom is 0.330 e. The van der Waals surface area contributed by atoms with E-state index in [4.69, 9.17) is 20.9 Å². The van der Waals surface area contributed by atoms with Gasteiger partial charge in [0.15, 0.2) is 0 Å². The number of aromatic nitrogens is 3. The summed E-state index contributed by atoms with van der Waals surface area (Å²) in [7, 11) is 1.38. The summed E-state index contributed by atoms with van der Waals surface area (Å²) in [6, 6.07) is 6.36. The Morgan fingerprint density at radius 3 is 2.53 bits per heavy atom. The van der Waals surface area contributed by atoms with Gasteiger partial charge < -0.3 is 20.9 Å². The second kappa shape index (κ2) is 5.17. The lowest BCUT2D eigenvalue weighted by atomic mass is 10.2. The van der Waals surface area contributed by atoms with Crippen molar-refractivity contribution in [1.29, 1.82) is 0 Å². The van der Waals surface area contributed by atoms with Gasteiger partial charge in [-0.3, -0.25) is 4.79 Å². The van der Waals surface area contributed by atoms with Gasteiger partial charge in [0.1, 0.15) is 5.75 Å². The van der Waals surface area contributed by atoms with Crippen LogP contribution in [0.1, 0.15) is 10.4 Å². The molecule has 2 aromatic rings. The molecule has 0 unspecified atom stereocenters. The molecule has 4 N–H and O–H groups in total. The fourth-order valence-corrected chi connectivity index (χ4v) is 1.35. The third-order valence-electron chi connectivity index (χ3n) is 2.15. The molecule has 19 heavy (non-hydrogen) atoms. The smallest absolute Gasteiger partial charge is 0.330 e. The third kappa shape index (κ3) is 2.86. The number of amides is 1. The van der Waals surface area contributed by atoms with E-state index >= 15 is 0 Å². The summed E-state index contributed by atoms with van der Waals surface area (Å²) in [4.78, 5) is 22.6. The van der Waals surface area contributed by atoms with Crippen molar-refractivity contribution in [3.8, 4) is 17.8 Å². The molecule has 1 amide bonds. The van der Waals surface area contributed by atoms with Crippen LogP contribution in [0.25, 0.3) is 0 Å². The molecule has 0 aliphatic carbocycles. The number of anilines is 1. The van der Waals surface area contributed by atoms with Crippen molar-refractivity contribution < 1.29 is 14.3 Å². The summed E-state index contributed by atoms with van der Waals surface area (Å²) in [5, 5.41) is 0. The molecule has 0 atom stereocenters. The normalized spacial score (nSPS) is 9.95. The number of carbonyl (C=O) groups excluding carboxylic acids is 1. The van der Waals surface area contributed by atoms with Gasteiger partial charge in [0.25, 0.3) is 5.91 Å². The van der Waals surface area contributed by atoms with Crippen LogP contribution in [0.4, 0.5) is 5.95 Å². The minimum absolute atomic E-state index is 0.0130. The number of benzene rings is 1. The van der Waals surface area contributed by atoms with Crippen LogP contribution in [-0.4, -0.2) is 28.0 Å². The van der Waals surface area contributed by atoms with Crippen molar-refractivity contribution in [3.05, 3.63) is 29.8 Å². The molecule has 1 aromatic heterocycles. The summed E-state index contributed by atoms with van der Waals surface area (Å²) >= 11 is 0. The number of hydrogen-bond acceptors (Lipinski definition) is 7. The zero-order chi connectivity index (χ0) is 13.8. The molecule has 1 heterocycles. The molecule has 0 spiro atoms. The van der Waals surface area contributed by atoms with E-state index in [0.717, 1.165) is 0 Å². The zero-order valence-electron chi connectivity index (χ0n) is 10.0. The van der Waals surface area contributed by atoms with E-state index < -0.39 is 5.91 Å². The topological polar surface area (TPSA) is 126 Å². The van der Waals surface area contributed by atoms with Crippen LogP contribution in [0, 0.1) is 0 Å². The standard InChI is InChI=1S/C11H11N5O3/c1-18-10-14-9(13)15-11(16-10)19-7-5-3-2-4-6(7)8(12)17/h2-5H,1H3,(H2,12,17)(H2,13,14,15,16). The molecule has 0 saturated carbocycles. The number of ether oxygens (including phenoxy) is 2. The van der Waals surface area contributed by atoms with Gasteiger partial charge in [0.2, 0.25) is 5.95 Å². The Hall–Kier alpha value is -2.90. The summed E-state index contributed by atoms with van der Waals surface area (Å²) in [6.45, 7) is 0. The van der Waals surface area contributed by atoms with Gasteiger partial charge in [-0.15, -0.1) is 4.98 Å². The Morgan fingerprint density at radius 1 is 1.16 bits per heavy atom. The van der Waals surface area contributed by atoms with E-state index in [0.29, 0.717) is 0 Å². The number of hydrogen-bond donors (Lipinski definition) is 2. The van der Waals surface area contributed by atoms with Crippen LogP contribution in [0.2, 0.25) is 0 Å². The van der Waals surface area contributed by atoms with Crippen molar-refractivity contribution in [1.82, 2.24) is 15.0 Å². The zero-order valence-corrected chi connectivity index (χ0v) is 10.0. The number of nitrogens with two attached hydrogens (primary N) is 2. The summed E-state index contributed by atoms with van der Waals surface area (Å²) < 4.78 is 10.2. The first-order valence-corrected chi connectivity index (χ1v) is 5.22. The first-order valence-electron chi connectivity index (χ1n) is 5.22. The fraction of sp³-hybridized carbons (Fsp3) is 0.0909. The Bertz CT molecular complexity index is 617. The number of para-hydroxylation sites is 1. The number of nitrogens with zero attached hydrogens (tertiary/aromatic N) is 3. The molecule has 0 aliphatic heterocycles. The molecule has 98 valence electrons. The van der Waals surface area contributed by atoms with Gasteiger partial charge in [-0.25, -0.2) is 0 Å². The van der Waals surface area contributed by atoms with E-state index in [1.807, 2.05) is 0 Å². The Labute approximate surface area is 108 Å². The van der Waals surface area contributed by atoms with Gasteiger partial charge in [-0.05, 0) is 12.1 Å². The largest absolute Gasteiger partial charge is 0.467 e.